The Morgan fingerprint density at radius 2 is 2.00 bits per heavy atom. The average Bonchev–Trinajstić information content (AvgIpc) is 3.05. The van der Waals surface area contributed by atoms with E-state index in [2.05, 4.69) is 24.2 Å². The monoisotopic (exact) mass is 480 g/mol. The van der Waals surface area contributed by atoms with Gasteiger partial charge in [-0.15, -0.1) is 11.3 Å². The van der Waals surface area contributed by atoms with Gasteiger partial charge in [-0.25, -0.2) is 4.79 Å². The average molecular weight is 481 g/mol. The van der Waals surface area contributed by atoms with Crippen LogP contribution in [0.1, 0.15) is 36.6 Å². The van der Waals surface area contributed by atoms with Crippen LogP contribution in [-0.2, 0) is 17.6 Å². The summed E-state index contributed by atoms with van der Waals surface area (Å²) < 4.78 is 0. The summed E-state index contributed by atoms with van der Waals surface area (Å²) in [6.45, 7) is 4.82. The van der Waals surface area contributed by atoms with Crippen LogP contribution in [0.3, 0.4) is 0 Å². The second-order valence-electron chi connectivity index (χ2n) is 9.49. The number of imide groups is 1. The van der Waals surface area contributed by atoms with Crippen LogP contribution in [0.25, 0.3) is 0 Å². The fourth-order valence-electron chi connectivity index (χ4n) is 5.13. The third kappa shape index (κ3) is 5.98. The number of nitrogens with zero attached hydrogens (tertiary/aromatic N) is 3. The van der Waals surface area contributed by atoms with Crippen LogP contribution in [0, 0.1) is 11.8 Å². The van der Waals surface area contributed by atoms with Gasteiger partial charge in [0.05, 0.1) is 18.2 Å². The number of aliphatic hydroxyl groups excluding tert-OH is 1. The van der Waals surface area contributed by atoms with Crippen molar-refractivity contribution in [2.75, 3.05) is 64.9 Å². The Morgan fingerprint density at radius 3 is 2.70 bits per heavy atom. The molecule has 0 saturated carbocycles. The number of hydrogen-bond acceptors (Lipinski definition) is 8. The van der Waals surface area contributed by atoms with Crippen LogP contribution in [0.15, 0.2) is 0 Å². The van der Waals surface area contributed by atoms with E-state index in [1.165, 1.54) is 9.78 Å². The zero-order valence-corrected chi connectivity index (χ0v) is 21.0. The van der Waals surface area contributed by atoms with E-state index in [1.807, 2.05) is 11.9 Å². The molecule has 1 saturated heterocycles. The molecule has 3 atom stereocenters. The zero-order valence-electron chi connectivity index (χ0n) is 20.2. The predicted molar refractivity (Wildman–Crippen MR) is 133 cm³/mol. The normalized spacial score (nSPS) is 22.6. The molecule has 9 nitrogen and oxygen atoms in total. The van der Waals surface area contributed by atoms with Crippen molar-refractivity contribution in [3.8, 4) is 0 Å². The number of likely N-dealkylation sites (tertiary alicyclic amines) is 1. The van der Waals surface area contributed by atoms with E-state index < -0.39 is 0 Å². The molecule has 0 radical (unpaired) electrons. The molecular formula is C23H40N6O3S. The highest BCUT2D eigenvalue weighted by Crippen LogP contribution is 2.44. The molecule has 3 amide bonds. The summed E-state index contributed by atoms with van der Waals surface area (Å²) in [4.78, 5) is 33.4. The zero-order chi connectivity index (χ0) is 24.1. The second-order valence-corrected chi connectivity index (χ2v) is 10.6. The molecule has 0 unspecified atom stereocenters. The van der Waals surface area contributed by atoms with Crippen molar-refractivity contribution in [2.24, 2.45) is 11.8 Å². The first-order valence-electron chi connectivity index (χ1n) is 12.0. The van der Waals surface area contributed by atoms with Crippen molar-refractivity contribution in [1.82, 2.24) is 20.0 Å². The van der Waals surface area contributed by atoms with Gasteiger partial charge in [0.25, 0.3) is 0 Å². The van der Waals surface area contributed by atoms with Crippen molar-refractivity contribution in [3.05, 3.63) is 10.4 Å². The van der Waals surface area contributed by atoms with E-state index in [4.69, 9.17) is 16.6 Å². The Bertz CT molecular complexity index is 831. The quantitative estimate of drug-likeness (QED) is 0.418. The molecule has 33 heavy (non-hydrogen) atoms. The number of carbonyl (C=O) groups excluding carboxylic acids is 2. The topological polar surface area (TPSA) is 128 Å². The Labute approximate surface area is 201 Å². The second kappa shape index (κ2) is 11.5. The molecule has 0 bridgehead atoms. The van der Waals surface area contributed by atoms with Crippen molar-refractivity contribution < 1.29 is 14.7 Å². The number of hydrogen-bond donors (Lipinski definition) is 4. The molecule has 2 aliphatic rings. The van der Waals surface area contributed by atoms with Gasteiger partial charge in [0.15, 0.2) is 0 Å². The molecule has 1 aromatic heterocycles. The smallest absolute Gasteiger partial charge is 0.324 e. The molecule has 3 rings (SSSR count). The van der Waals surface area contributed by atoms with E-state index in [1.54, 1.807) is 11.3 Å². The van der Waals surface area contributed by atoms with E-state index in [9.17, 15) is 9.59 Å². The van der Waals surface area contributed by atoms with Gasteiger partial charge in [-0.1, -0.05) is 13.3 Å². The lowest BCUT2D eigenvalue weighted by molar-refractivity contribution is -0.136. The number of nitrogens with one attached hydrogen (secondary N) is 1. The number of aliphatic hydroxyl groups is 1. The lowest BCUT2D eigenvalue weighted by Gasteiger charge is -2.45. The molecule has 1 aromatic rings. The van der Waals surface area contributed by atoms with Crippen LogP contribution >= 0.6 is 11.3 Å². The maximum atomic E-state index is 13.5. The number of thiophene rings is 1. The number of nitrogens with two attached hydrogens (primary N) is 2. The molecule has 2 heterocycles. The number of piperidine rings is 1. The highest BCUT2D eigenvalue weighted by molar-refractivity contribution is 7.16. The van der Waals surface area contributed by atoms with Crippen LogP contribution in [0.2, 0.25) is 0 Å². The number of fused-ring (bicyclic) bond motifs is 2. The third-order valence-corrected chi connectivity index (χ3v) is 8.17. The summed E-state index contributed by atoms with van der Waals surface area (Å²) in [5.74, 6) is 0.0259. The summed E-state index contributed by atoms with van der Waals surface area (Å²) in [6.07, 6.45) is 4.22. The Morgan fingerprint density at radius 1 is 1.24 bits per heavy atom. The third-order valence-electron chi connectivity index (χ3n) is 7.07. The van der Waals surface area contributed by atoms with Gasteiger partial charge in [-0.2, -0.15) is 0 Å². The Kier molecular flexibility index (Phi) is 8.97. The number of amides is 3. The molecule has 6 N–H and O–H groups in total. The number of carbonyl (C=O) groups is 2. The van der Waals surface area contributed by atoms with Crippen molar-refractivity contribution in [1.29, 1.82) is 0 Å². The van der Waals surface area contributed by atoms with Crippen LogP contribution in [0.4, 0.5) is 15.5 Å². The first kappa shape index (κ1) is 25.7. The highest BCUT2D eigenvalue weighted by Gasteiger charge is 2.42. The molecule has 0 spiro atoms. The molecule has 0 aromatic carbocycles. The van der Waals surface area contributed by atoms with Gasteiger partial charge in [0.1, 0.15) is 5.00 Å². The van der Waals surface area contributed by atoms with Crippen LogP contribution < -0.4 is 16.8 Å². The minimum absolute atomic E-state index is 0.0774. The maximum absolute atomic E-state index is 13.5. The van der Waals surface area contributed by atoms with E-state index >= 15 is 0 Å². The van der Waals surface area contributed by atoms with Gasteiger partial charge in [0.2, 0.25) is 5.91 Å². The first-order valence-corrected chi connectivity index (χ1v) is 12.8. The van der Waals surface area contributed by atoms with Crippen molar-refractivity contribution in [2.45, 2.75) is 45.1 Å². The van der Waals surface area contributed by atoms with E-state index in [0.29, 0.717) is 55.4 Å². The minimum Gasteiger partial charge on any atom is -0.396 e. The Hall–Kier alpha value is -1.88. The van der Waals surface area contributed by atoms with Gasteiger partial charge < -0.3 is 31.7 Å². The largest absolute Gasteiger partial charge is 0.396 e. The highest BCUT2D eigenvalue weighted by atomic mass is 32.1. The summed E-state index contributed by atoms with van der Waals surface area (Å²) in [6, 6.07) is 0.0513. The molecule has 1 aliphatic carbocycles. The maximum Gasteiger partial charge on any atom is 0.324 e. The lowest BCUT2D eigenvalue weighted by atomic mass is 9.74. The van der Waals surface area contributed by atoms with Crippen molar-refractivity contribution in [3.63, 3.8) is 0 Å². The number of unbranched alkanes of at least 4 members (excludes halogenated alkanes) is 1. The summed E-state index contributed by atoms with van der Waals surface area (Å²) in [5.41, 5.74) is 14.2. The number of urea groups is 1. The Balaban J connectivity index is 1.66. The van der Waals surface area contributed by atoms with Crippen LogP contribution in [-0.4, -0.2) is 91.2 Å². The minimum atomic E-state index is -0.323. The number of anilines is 2. The van der Waals surface area contributed by atoms with Gasteiger partial charge in [-0.3, -0.25) is 9.69 Å². The summed E-state index contributed by atoms with van der Waals surface area (Å²) in [5, 5.41) is 12.6. The molecule has 186 valence electrons. The lowest BCUT2D eigenvalue weighted by Crippen LogP contribution is -2.55. The molecule has 1 fully saturated rings. The van der Waals surface area contributed by atoms with Crippen molar-refractivity contribution >= 4 is 34.0 Å². The predicted octanol–water partition coefficient (Wildman–Crippen LogP) is 1.21. The SMILES string of the molecule is CCCCN(C(=O)NCCN(C)CCO)C(=O)[C@@H]1C[C@@H]2Cc3c(sc(N)c3N)C[C@H]2N(C)C1. The molecule has 1 aliphatic heterocycles. The number of rotatable bonds is 9. The summed E-state index contributed by atoms with van der Waals surface area (Å²) in [7, 11) is 3.97. The number of nitrogen functional groups attached to an aromatic ring is 2. The molecule has 10 heteroatoms. The fourth-order valence-corrected chi connectivity index (χ4v) is 6.20. The summed E-state index contributed by atoms with van der Waals surface area (Å²) >= 11 is 1.59. The standard InChI is InChI=1S/C23H40N6O3S/c1-4-5-7-29(23(32)26-6-8-27(2)9-10-30)22(31)16-11-15-12-17-19(33-21(25)20(17)24)13-18(15)28(3)14-16/h15-16,18,30H,4-14,24-25H2,1-3H3,(H,26,32)/t15-,16-,18-/m1/s1. The van der Waals surface area contributed by atoms with Crippen LogP contribution in [0.5, 0.6) is 0 Å². The molecular weight excluding hydrogens is 440 g/mol. The van der Waals surface area contributed by atoms with Gasteiger partial charge in [0, 0.05) is 43.6 Å². The van der Waals surface area contributed by atoms with E-state index in [0.717, 1.165) is 37.7 Å². The van der Waals surface area contributed by atoms with E-state index in [-0.39, 0.29) is 24.5 Å². The first-order chi connectivity index (χ1) is 15.8. The van der Waals surface area contributed by atoms with Gasteiger partial charge in [-0.05, 0) is 51.3 Å². The number of likely N-dealkylation sites (N-methyl/N-ethyl adjacent to an activating group) is 2. The van der Waals surface area contributed by atoms with Gasteiger partial charge >= 0.3 is 6.03 Å². The fraction of sp³-hybridized carbons (Fsp3) is 0.739.